The molecule has 1 amide bonds. The molecule has 148 valence electrons. The lowest BCUT2D eigenvalue weighted by Gasteiger charge is -2.38. The summed E-state index contributed by atoms with van der Waals surface area (Å²) in [5.41, 5.74) is -0.472. The zero-order chi connectivity index (χ0) is 19.6. The Balaban J connectivity index is 2.85. The number of nitrogens with zero attached hydrogens (tertiary/aromatic N) is 1. The van der Waals surface area contributed by atoms with E-state index in [9.17, 15) is 9.59 Å². The fourth-order valence-corrected chi connectivity index (χ4v) is 3.93. The Hall–Kier alpha value is -0.593. The predicted molar refractivity (Wildman–Crippen MR) is 106 cm³/mol. The van der Waals surface area contributed by atoms with Gasteiger partial charge in [-0.15, -0.1) is 0 Å². The molecule has 1 saturated heterocycles. The highest BCUT2D eigenvalue weighted by molar-refractivity contribution is 6.72. The third-order valence-electron chi connectivity index (χ3n) is 5.45. The van der Waals surface area contributed by atoms with Crippen LogP contribution in [0.1, 0.15) is 54.9 Å². The fraction of sp³-hybridized carbons (Fsp3) is 0.947. The van der Waals surface area contributed by atoms with Crippen molar-refractivity contribution in [2.75, 3.05) is 19.6 Å². The smallest absolute Gasteiger partial charge is 0.410 e. The molecule has 0 aromatic rings. The molecule has 1 rings (SSSR count). The quantitative estimate of drug-likeness (QED) is 0.696. The minimum absolute atomic E-state index is 0.0856. The number of rotatable bonds is 6. The molecule has 0 spiro atoms. The Labute approximate surface area is 155 Å². The van der Waals surface area contributed by atoms with Gasteiger partial charge in [-0.3, -0.25) is 0 Å². The third kappa shape index (κ3) is 6.91. The summed E-state index contributed by atoms with van der Waals surface area (Å²) < 4.78 is 5.57. The van der Waals surface area contributed by atoms with E-state index >= 15 is 0 Å². The normalized spacial score (nSPS) is 22.6. The number of amides is 1. The second-order valence-electron chi connectivity index (χ2n) is 10.1. The number of hydrogen-bond donors (Lipinski definition) is 2. The predicted octanol–water partition coefficient (Wildman–Crippen LogP) is 3.84. The molecule has 0 aromatic heterocycles. The van der Waals surface area contributed by atoms with Crippen LogP contribution in [-0.2, 0) is 4.74 Å². The van der Waals surface area contributed by atoms with Crippen molar-refractivity contribution in [2.24, 2.45) is 11.8 Å². The maximum atomic E-state index is 12.5. The number of carbonyl (C=O) groups is 1. The van der Waals surface area contributed by atoms with Crippen LogP contribution in [0.4, 0.5) is 4.79 Å². The molecule has 0 radical (unpaired) electrons. The van der Waals surface area contributed by atoms with Crippen molar-refractivity contribution in [1.29, 1.82) is 0 Å². The van der Waals surface area contributed by atoms with Crippen LogP contribution in [0.3, 0.4) is 0 Å². The molecule has 0 aliphatic carbocycles. The molecule has 0 bridgehead atoms. The summed E-state index contributed by atoms with van der Waals surface area (Å²) in [5.74, 6) is 0.776. The van der Waals surface area contributed by atoms with Crippen molar-refractivity contribution < 1.29 is 14.3 Å². The van der Waals surface area contributed by atoms with Gasteiger partial charge in [0.05, 0.1) is 0 Å². The van der Waals surface area contributed by atoms with Gasteiger partial charge in [0.1, 0.15) is 5.60 Å². The Morgan fingerprint density at radius 1 is 1.20 bits per heavy atom. The Kier molecular flexibility index (Phi) is 7.15. The highest BCUT2D eigenvalue weighted by atomic mass is 28.4. The highest BCUT2D eigenvalue weighted by Gasteiger charge is 2.44. The first-order valence-electron chi connectivity index (χ1n) is 9.56. The number of likely N-dealkylation sites (tertiary alicyclic amines) is 1. The lowest BCUT2D eigenvalue weighted by molar-refractivity contribution is 0.0283. The van der Waals surface area contributed by atoms with Crippen LogP contribution in [0.2, 0.25) is 18.1 Å². The molecule has 0 saturated carbocycles. The molecule has 25 heavy (non-hydrogen) atoms. The van der Waals surface area contributed by atoms with Crippen molar-refractivity contribution in [2.45, 2.75) is 84.7 Å². The topological polar surface area (TPSA) is 61.8 Å². The van der Waals surface area contributed by atoms with Crippen LogP contribution in [0.5, 0.6) is 0 Å². The van der Waals surface area contributed by atoms with Crippen LogP contribution in [0, 0.1) is 11.8 Å². The van der Waals surface area contributed by atoms with Gasteiger partial charge >= 0.3 is 6.09 Å². The zero-order valence-electron chi connectivity index (χ0n) is 17.8. The van der Waals surface area contributed by atoms with E-state index in [0.29, 0.717) is 24.4 Å². The first-order chi connectivity index (χ1) is 11.1. The fourth-order valence-electron chi connectivity index (χ4n) is 3.17. The maximum Gasteiger partial charge on any atom is 0.410 e. The first kappa shape index (κ1) is 22.4. The summed E-state index contributed by atoms with van der Waals surface area (Å²) >= 11 is 0. The molecular formula is C19H40N2O3Si. The minimum Gasteiger partial charge on any atom is -0.444 e. The SMILES string of the molecule is CC(C)NC[C@@H]1CN(C(=O)OC(C)(C)C)CC1CC(C)(C)[Si](C)(C)O. The summed E-state index contributed by atoms with van der Waals surface area (Å²) in [4.78, 5) is 25.0. The van der Waals surface area contributed by atoms with E-state index in [4.69, 9.17) is 4.74 Å². The van der Waals surface area contributed by atoms with Crippen LogP contribution < -0.4 is 5.32 Å². The molecule has 2 atom stereocenters. The van der Waals surface area contributed by atoms with Crippen molar-refractivity contribution in [3.05, 3.63) is 0 Å². The second-order valence-corrected chi connectivity index (χ2v) is 14.6. The standard InChI is InChI=1S/C19H40N2O3Si/c1-14(2)20-11-16-13-21(17(22)24-18(3,4)5)12-15(16)10-19(6,7)25(8,9)23/h14-16,20,23H,10-13H2,1-9H3/t15?,16-/m1/s1. The first-order valence-corrected chi connectivity index (χ1v) is 12.5. The molecule has 1 fully saturated rings. The van der Waals surface area contributed by atoms with Crippen molar-refractivity contribution in [3.8, 4) is 0 Å². The summed E-state index contributed by atoms with van der Waals surface area (Å²) in [6.45, 7) is 20.7. The molecule has 1 heterocycles. The molecule has 2 N–H and O–H groups in total. The van der Waals surface area contributed by atoms with E-state index < -0.39 is 13.9 Å². The lowest BCUT2D eigenvalue weighted by atomic mass is 9.87. The van der Waals surface area contributed by atoms with Crippen LogP contribution in [0.25, 0.3) is 0 Å². The molecular weight excluding hydrogens is 332 g/mol. The Bertz CT molecular complexity index is 453. The van der Waals surface area contributed by atoms with E-state index in [0.717, 1.165) is 19.5 Å². The van der Waals surface area contributed by atoms with E-state index in [1.165, 1.54) is 0 Å². The van der Waals surface area contributed by atoms with Crippen LogP contribution in [0.15, 0.2) is 0 Å². The minimum atomic E-state index is -2.27. The van der Waals surface area contributed by atoms with Gasteiger partial charge < -0.3 is 19.7 Å². The third-order valence-corrected chi connectivity index (χ3v) is 8.96. The van der Waals surface area contributed by atoms with Crippen LogP contribution >= 0.6 is 0 Å². The van der Waals surface area contributed by atoms with Gasteiger partial charge in [-0.2, -0.15) is 0 Å². The average molecular weight is 373 g/mol. The van der Waals surface area contributed by atoms with E-state index in [1.54, 1.807) is 0 Å². The van der Waals surface area contributed by atoms with E-state index in [2.05, 4.69) is 33.0 Å². The Morgan fingerprint density at radius 2 is 1.72 bits per heavy atom. The largest absolute Gasteiger partial charge is 0.444 e. The van der Waals surface area contributed by atoms with Gasteiger partial charge in [-0.05, 0) is 57.2 Å². The molecule has 1 aliphatic rings. The number of carbonyl (C=O) groups excluding carboxylic acids is 1. The number of ether oxygens (including phenoxy) is 1. The molecule has 0 aromatic carbocycles. The molecule has 5 nitrogen and oxygen atoms in total. The van der Waals surface area contributed by atoms with Crippen molar-refractivity contribution >= 4 is 14.4 Å². The van der Waals surface area contributed by atoms with E-state index in [1.807, 2.05) is 38.8 Å². The summed E-state index contributed by atoms with van der Waals surface area (Å²) in [6, 6.07) is 0.424. The summed E-state index contributed by atoms with van der Waals surface area (Å²) in [6.07, 6.45) is 0.717. The molecule has 1 aliphatic heterocycles. The average Bonchev–Trinajstić information content (AvgIpc) is 2.75. The summed E-state index contributed by atoms with van der Waals surface area (Å²) in [5, 5.41) is 3.43. The highest BCUT2D eigenvalue weighted by Crippen LogP contribution is 2.44. The van der Waals surface area contributed by atoms with Crippen molar-refractivity contribution in [1.82, 2.24) is 10.2 Å². The van der Waals surface area contributed by atoms with Gasteiger partial charge in [-0.25, -0.2) is 4.79 Å². The zero-order valence-corrected chi connectivity index (χ0v) is 18.8. The van der Waals surface area contributed by atoms with E-state index in [-0.39, 0.29) is 11.1 Å². The van der Waals surface area contributed by atoms with Crippen molar-refractivity contribution in [3.63, 3.8) is 0 Å². The monoisotopic (exact) mass is 372 g/mol. The summed E-state index contributed by atoms with van der Waals surface area (Å²) in [7, 11) is -2.27. The second kappa shape index (κ2) is 7.97. The van der Waals surface area contributed by atoms with Gasteiger partial charge in [0, 0.05) is 25.7 Å². The van der Waals surface area contributed by atoms with Crippen LogP contribution in [-0.4, -0.2) is 55.4 Å². The number of hydrogen-bond acceptors (Lipinski definition) is 4. The lowest BCUT2D eigenvalue weighted by Crippen LogP contribution is -2.42. The molecule has 1 unspecified atom stereocenters. The number of nitrogens with one attached hydrogen (secondary N) is 1. The molecule has 6 heteroatoms. The van der Waals surface area contributed by atoms with Gasteiger partial charge in [0.15, 0.2) is 8.32 Å². The van der Waals surface area contributed by atoms with Gasteiger partial charge in [0.25, 0.3) is 0 Å². The maximum absolute atomic E-state index is 12.5. The van der Waals surface area contributed by atoms with Gasteiger partial charge in [0.2, 0.25) is 0 Å². The van der Waals surface area contributed by atoms with Gasteiger partial charge in [-0.1, -0.05) is 27.7 Å². The Morgan fingerprint density at radius 3 is 2.16 bits per heavy atom.